The maximum absolute atomic E-state index is 12.8. The molecule has 0 aliphatic heterocycles. The molecule has 0 aliphatic rings. The van der Waals surface area contributed by atoms with Crippen molar-refractivity contribution in [3.05, 3.63) is 60.7 Å². The third-order valence-corrected chi connectivity index (χ3v) is 4.99. The fraction of sp³-hybridized carbons (Fsp3) is 0.440. The predicted octanol–water partition coefficient (Wildman–Crippen LogP) is 5.82. The molecule has 0 spiro atoms. The zero-order valence-corrected chi connectivity index (χ0v) is 17.8. The molecule has 0 saturated heterocycles. The molecule has 0 fully saturated rings. The molecule has 0 N–H and O–H groups in total. The summed E-state index contributed by atoms with van der Waals surface area (Å²) in [4.78, 5) is 29.4. The molecule has 0 heterocycles. The van der Waals surface area contributed by atoms with E-state index in [1.54, 1.807) is 0 Å². The Morgan fingerprint density at radius 2 is 1.00 bits per heavy atom. The number of carbonyl (C=O) groups is 2. The van der Waals surface area contributed by atoms with Gasteiger partial charge < -0.3 is 9.80 Å². The van der Waals surface area contributed by atoms with Crippen LogP contribution in [-0.2, 0) is 9.59 Å². The minimum Gasteiger partial charge on any atom is -0.312 e. The molecule has 2 aromatic carbocycles. The van der Waals surface area contributed by atoms with Gasteiger partial charge >= 0.3 is 0 Å². The van der Waals surface area contributed by atoms with Crippen molar-refractivity contribution in [2.24, 2.45) is 0 Å². The van der Waals surface area contributed by atoms with Gasteiger partial charge in [0.05, 0.1) is 0 Å². The van der Waals surface area contributed by atoms with Gasteiger partial charge in [0.25, 0.3) is 0 Å². The summed E-state index contributed by atoms with van der Waals surface area (Å²) in [5, 5.41) is 0. The van der Waals surface area contributed by atoms with Crippen molar-refractivity contribution in [2.45, 2.75) is 58.8 Å². The van der Waals surface area contributed by atoms with E-state index >= 15 is 0 Å². The number of para-hydroxylation sites is 2. The van der Waals surface area contributed by atoms with E-state index in [1.807, 2.05) is 70.5 Å². The second kappa shape index (κ2) is 12.8. The van der Waals surface area contributed by atoms with Crippen LogP contribution in [0, 0.1) is 0 Å². The van der Waals surface area contributed by atoms with Gasteiger partial charge in [-0.25, -0.2) is 0 Å². The van der Waals surface area contributed by atoms with Gasteiger partial charge in [-0.2, -0.15) is 0 Å². The number of unbranched alkanes of at least 4 members (excludes halogenated alkanes) is 2. The number of rotatable bonds is 12. The third-order valence-electron chi connectivity index (χ3n) is 4.99. The van der Waals surface area contributed by atoms with Gasteiger partial charge in [0.1, 0.15) is 0 Å². The third kappa shape index (κ3) is 7.37. The normalized spacial score (nSPS) is 10.6. The molecule has 29 heavy (non-hydrogen) atoms. The Hall–Kier alpha value is -2.62. The predicted molar refractivity (Wildman–Crippen MR) is 121 cm³/mol. The topological polar surface area (TPSA) is 40.6 Å². The highest BCUT2D eigenvalue weighted by atomic mass is 16.2. The Balaban J connectivity index is 1.94. The zero-order valence-electron chi connectivity index (χ0n) is 17.8. The molecule has 0 bridgehead atoms. The first kappa shape index (κ1) is 22.7. The van der Waals surface area contributed by atoms with E-state index in [-0.39, 0.29) is 11.8 Å². The summed E-state index contributed by atoms with van der Waals surface area (Å²) >= 11 is 0. The molecule has 4 nitrogen and oxygen atoms in total. The second-order valence-electron chi connectivity index (χ2n) is 7.32. The van der Waals surface area contributed by atoms with Crippen molar-refractivity contribution in [3.8, 4) is 0 Å². The second-order valence-corrected chi connectivity index (χ2v) is 7.32. The van der Waals surface area contributed by atoms with Crippen molar-refractivity contribution in [2.75, 3.05) is 22.9 Å². The van der Waals surface area contributed by atoms with Crippen molar-refractivity contribution >= 4 is 23.2 Å². The van der Waals surface area contributed by atoms with Crippen LogP contribution in [0.2, 0.25) is 0 Å². The Morgan fingerprint density at radius 1 is 0.621 bits per heavy atom. The number of hydrogen-bond donors (Lipinski definition) is 0. The molecule has 0 atom stereocenters. The summed E-state index contributed by atoms with van der Waals surface area (Å²) in [7, 11) is 0. The van der Waals surface area contributed by atoms with Crippen LogP contribution in [-0.4, -0.2) is 24.9 Å². The van der Waals surface area contributed by atoms with Gasteiger partial charge in [-0.3, -0.25) is 9.59 Å². The van der Waals surface area contributed by atoms with Crippen molar-refractivity contribution in [3.63, 3.8) is 0 Å². The van der Waals surface area contributed by atoms with Gasteiger partial charge in [0, 0.05) is 37.3 Å². The number of anilines is 2. The lowest BCUT2D eigenvalue weighted by Crippen LogP contribution is -2.33. The first-order valence-electron chi connectivity index (χ1n) is 10.9. The lowest BCUT2D eigenvalue weighted by atomic mass is 10.1. The van der Waals surface area contributed by atoms with Crippen LogP contribution >= 0.6 is 0 Å². The molecule has 2 aromatic rings. The fourth-order valence-corrected chi connectivity index (χ4v) is 3.30. The molecule has 156 valence electrons. The quantitative estimate of drug-likeness (QED) is 0.455. The summed E-state index contributed by atoms with van der Waals surface area (Å²) in [5.41, 5.74) is 1.87. The first-order valence-corrected chi connectivity index (χ1v) is 10.9. The Bertz CT molecular complexity index is 668. The Labute approximate surface area is 175 Å². The van der Waals surface area contributed by atoms with Crippen LogP contribution in [0.15, 0.2) is 60.7 Å². The summed E-state index contributed by atoms with van der Waals surface area (Å²) in [6.07, 6.45) is 5.37. The van der Waals surface area contributed by atoms with E-state index in [2.05, 4.69) is 13.8 Å². The lowest BCUT2D eigenvalue weighted by molar-refractivity contribution is -0.120. The van der Waals surface area contributed by atoms with Crippen LogP contribution < -0.4 is 9.80 Å². The van der Waals surface area contributed by atoms with Gasteiger partial charge in [0.2, 0.25) is 11.8 Å². The highest BCUT2D eigenvalue weighted by Crippen LogP contribution is 2.19. The number of benzene rings is 2. The first-order chi connectivity index (χ1) is 14.2. The summed E-state index contributed by atoms with van der Waals surface area (Å²) < 4.78 is 0. The largest absolute Gasteiger partial charge is 0.312 e. The lowest BCUT2D eigenvalue weighted by Gasteiger charge is -2.24. The SMILES string of the molecule is CCCCN(C(=O)CCCC(=O)N(CCCC)c1ccccc1)c1ccccc1. The molecule has 0 aliphatic carbocycles. The molecule has 0 aromatic heterocycles. The van der Waals surface area contributed by atoms with Crippen LogP contribution in [0.4, 0.5) is 11.4 Å². The minimum atomic E-state index is 0.0947. The molecule has 0 unspecified atom stereocenters. The van der Waals surface area contributed by atoms with E-state index in [4.69, 9.17) is 0 Å². The van der Waals surface area contributed by atoms with E-state index in [0.717, 1.165) is 50.1 Å². The number of amides is 2. The summed E-state index contributed by atoms with van der Waals surface area (Å²) in [5.74, 6) is 0.189. The van der Waals surface area contributed by atoms with E-state index in [1.165, 1.54) is 0 Å². The number of carbonyl (C=O) groups excluding carboxylic acids is 2. The maximum atomic E-state index is 12.8. The van der Waals surface area contributed by atoms with E-state index in [0.29, 0.717) is 19.3 Å². The molecular weight excluding hydrogens is 360 g/mol. The number of hydrogen-bond acceptors (Lipinski definition) is 2. The molecule has 4 heteroatoms. The summed E-state index contributed by atoms with van der Waals surface area (Å²) in [6, 6.07) is 19.6. The molecular formula is C25H34N2O2. The Kier molecular flexibility index (Phi) is 9.98. The molecule has 0 saturated carbocycles. The van der Waals surface area contributed by atoms with Crippen molar-refractivity contribution in [1.29, 1.82) is 0 Å². The van der Waals surface area contributed by atoms with E-state index < -0.39 is 0 Å². The molecule has 2 rings (SSSR count). The van der Waals surface area contributed by atoms with E-state index in [9.17, 15) is 9.59 Å². The van der Waals surface area contributed by atoms with Gasteiger partial charge in [-0.1, -0.05) is 63.1 Å². The molecule has 2 amide bonds. The average molecular weight is 395 g/mol. The molecule has 0 radical (unpaired) electrons. The van der Waals surface area contributed by atoms with Crippen LogP contribution in [0.3, 0.4) is 0 Å². The van der Waals surface area contributed by atoms with Crippen LogP contribution in [0.5, 0.6) is 0 Å². The smallest absolute Gasteiger partial charge is 0.226 e. The van der Waals surface area contributed by atoms with Gasteiger partial charge in [-0.15, -0.1) is 0 Å². The standard InChI is InChI=1S/C25H34N2O2/c1-3-5-20-26(22-14-9-7-10-15-22)24(28)18-13-19-25(29)27(21-6-4-2)23-16-11-8-12-17-23/h7-12,14-17H,3-6,13,18-21H2,1-2H3. The monoisotopic (exact) mass is 394 g/mol. The Morgan fingerprint density at radius 3 is 1.34 bits per heavy atom. The fourth-order valence-electron chi connectivity index (χ4n) is 3.30. The van der Waals surface area contributed by atoms with Crippen molar-refractivity contribution in [1.82, 2.24) is 0 Å². The number of nitrogens with zero attached hydrogens (tertiary/aromatic N) is 2. The highest BCUT2D eigenvalue weighted by Gasteiger charge is 2.18. The van der Waals surface area contributed by atoms with Gasteiger partial charge in [0.15, 0.2) is 0 Å². The minimum absolute atomic E-state index is 0.0947. The average Bonchev–Trinajstić information content (AvgIpc) is 2.76. The zero-order chi connectivity index (χ0) is 20.9. The highest BCUT2D eigenvalue weighted by molar-refractivity contribution is 5.95. The maximum Gasteiger partial charge on any atom is 0.226 e. The van der Waals surface area contributed by atoms with Crippen LogP contribution in [0.1, 0.15) is 58.8 Å². The van der Waals surface area contributed by atoms with Gasteiger partial charge in [-0.05, 0) is 43.5 Å². The van der Waals surface area contributed by atoms with Crippen molar-refractivity contribution < 1.29 is 9.59 Å². The van der Waals surface area contributed by atoms with Crippen LogP contribution in [0.25, 0.3) is 0 Å². The summed E-state index contributed by atoms with van der Waals surface area (Å²) in [6.45, 7) is 5.70.